The maximum Gasteiger partial charge on any atom is 0.401 e. The van der Waals surface area contributed by atoms with Crippen molar-refractivity contribution in [3.05, 3.63) is 0 Å². The van der Waals surface area contributed by atoms with Crippen molar-refractivity contribution in [2.45, 2.75) is 50.2 Å². The van der Waals surface area contributed by atoms with Gasteiger partial charge < -0.3 is 5.32 Å². The third-order valence-corrected chi connectivity index (χ3v) is 3.77. The summed E-state index contributed by atoms with van der Waals surface area (Å²) in [6, 6.07) is 0. The number of amides is 1. The summed E-state index contributed by atoms with van der Waals surface area (Å²) in [4.78, 5) is 12.1. The minimum atomic E-state index is -4.27. The Labute approximate surface area is 104 Å². The molecule has 104 valence electrons. The topological polar surface area (TPSA) is 41.1 Å². The highest BCUT2D eigenvalue weighted by Crippen LogP contribution is 2.32. The minimum absolute atomic E-state index is 0.254. The fraction of sp³-hybridized carbons (Fsp3) is 0.917. The van der Waals surface area contributed by atoms with Gasteiger partial charge in [-0.1, -0.05) is 12.8 Å². The van der Waals surface area contributed by atoms with E-state index in [2.05, 4.69) is 10.6 Å². The number of carbonyl (C=O) groups is 1. The van der Waals surface area contributed by atoms with Gasteiger partial charge in [0.15, 0.2) is 0 Å². The quantitative estimate of drug-likeness (QED) is 0.797. The Morgan fingerprint density at radius 3 is 2.33 bits per heavy atom. The van der Waals surface area contributed by atoms with Gasteiger partial charge in [-0.15, -0.1) is 0 Å². The first-order valence-electron chi connectivity index (χ1n) is 6.51. The van der Waals surface area contributed by atoms with E-state index in [4.69, 9.17) is 0 Å². The molecule has 0 aromatic carbocycles. The van der Waals surface area contributed by atoms with E-state index in [1.54, 1.807) is 0 Å². The van der Waals surface area contributed by atoms with Crippen molar-refractivity contribution < 1.29 is 18.0 Å². The minimum Gasteiger partial charge on any atom is -0.354 e. The van der Waals surface area contributed by atoms with Crippen molar-refractivity contribution in [3.63, 3.8) is 0 Å². The molecule has 2 aliphatic carbocycles. The summed E-state index contributed by atoms with van der Waals surface area (Å²) in [5, 5.41) is 5.24. The number of hydrogen-bond acceptors (Lipinski definition) is 2. The maximum absolute atomic E-state index is 12.3. The van der Waals surface area contributed by atoms with Crippen LogP contribution in [0.4, 0.5) is 13.2 Å². The molecule has 0 atom stereocenters. The van der Waals surface area contributed by atoms with Gasteiger partial charge in [0.05, 0.1) is 12.1 Å². The molecule has 1 amide bonds. The van der Waals surface area contributed by atoms with Crippen LogP contribution in [-0.4, -0.2) is 30.7 Å². The van der Waals surface area contributed by atoms with E-state index in [0.29, 0.717) is 25.3 Å². The monoisotopic (exact) mass is 264 g/mol. The summed E-state index contributed by atoms with van der Waals surface area (Å²) < 4.78 is 36.8. The molecule has 0 spiro atoms. The third kappa shape index (κ3) is 3.60. The summed E-state index contributed by atoms with van der Waals surface area (Å²) in [5.74, 6) is 0.283. The van der Waals surface area contributed by atoms with Gasteiger partial charge in [-0.2, -0.15) is 13.2 Å². The molecule has 3 nitrogen and oxygen atoms in total. The number of hydrogen-bond donors (Lipinski definition) is 2. The van der Waals surface area contributed by atoms with Crippen molar-refractivity contribution >= 4 is 5.91 Å². The van der Waals surface area contributed by atoms with Gasteiger partial charge in [0.2, 0.25) is 5.91 Å². The summed E-state index contributed by atoms with van der Waals surface area (Å²) in [6.07, 6.45) is 0.571. The van der Waals surface area contributed by atoms with E-state index in [-0.39, 0.29) is 5.91 Å². The van der Waals surface area contributed by atoms with Gasteiger partial charge in [-0.3, -0.25) is 10.1 Å². The first-order valence-corrected chi connectivity index (χ1v) is 6.51. The van der Waals surface area contributed by atoms with Crippen LogP contribution in [0.15, 0.2) is 0 Å². The molecule has 2 aliphatic rings. The number of nitrogens with one attached hydrogen (secondary N) is 2. The standard InChI is InChI=1S/C12H19F3N2O/c13-12(14,15)8-17-11(5-1-2-6-11)10(18)16-7-9-3-4-9/h9,17H,1-8H2,(H,16,18). The van der Waals surface area contributed by atoms with Crippen molar-refractivity contribution in [1.82, 2.24) is 10.6 Å². The third-order valence-electron chi connectivity index (χ3n) is 3.77. The van der Waals surface area contributed by atoms with Crippen molar-refractivity contribution in [1.29, 1.82) is 0 Å². The van der Waals surface area contributed by atoms with Crippen LogP contribution >= 0.6 is 0 Å². The molecule has 2 N–H and O–H groups in total. The van der Waals surface area contributed by atoms with Crippen LogP contribution in [0.25, 0.3) is 0 Å². The van der Waals surface area contributed by atoms with Crippen LogP contribution in [0.1, 0.15) is 38.5 Å². The number of halogens is 3. The Bertz CT molecular complexity index is 307. The van der Waals surface area contributed by atoms with Crippen molar-refractivity contribution in [2.24, 2.45) is 5.92 Å². The molecule has 0 heterocycles. The Balaban J connectivity index is 1.89. The Morgan fingerprint density at radius 2 is 1.83 bits per heavy atom. The molecule has 2 fully saturated rings. The SMILES string of the molecule is O=C(NCC1CC1)C1(NCC(F)(F)F)CCCC1. The molecule has 0 aromatic rings. The maximum atomic E-state index is 12.3. The lowest BCUT2D eigenvalue weighted by atomic mass is 9.96. The zero-order chi connectivity index (χ0) is 13.2. The van der Waals surface area contributed by atoms with Gasteiger partial charge in [0, 0.05) is 6.54 Å². The second-order valence-corrected chi connectivity index (χ2v) is 5.41. The van der Waals surface area contributed by atoms with E-state index in [0.717, 1.165) is 25.7 Å². The molecule has 0 unspecified atom stereocenters. The average Bonchev–Trinajstić information content (AvgIpc) is 2.99. The second kappa shape index (κ2) is 5.07. The number of carbonyl (C=O) groups excluding carboxylic acids is 1. The Hall–Kier alpha value is -0.780. The van der Waals surface area contributed by atoms with Crippen LogP contribution in [0.5, 0.6) is 0 Å². The van der Waals surface area contributed by atoms with Crippen LogP contribution in [0.3, 0.4) is 0 Å². The fourth-order valence-electron chi connectivity index (χ4n) is 2.46. The summed E-state index contributed by atoms with van der Waals surface area (Å²) >= 11 is 0. The lowest BCUT2D eigenvalue weighted by molar-refractivity contribution is -0.137. The van der Waals surface area contributed by atoms with Crippen molar-refractivity contribution in [2.75, 3.05) is 13.1 Å². The van der Waals surface area contributed by atoms with Gasteiger partial charge >= 0.3 is 6.18 Å². The van der Waals surface area contributed by atoms with Gasteiger partial charge in [-0.05, 0) is 31.6 Å². The molecule has 0 radical (unpaired) electrons. The highest BCUT2D eigenvalue weighted by Gasteiger charge is 2.43. The molecule has 0 saturated heterocycles. The van der Waals surface area contributed by atoms with Crippen LogP contribution in [0, 0.1) is 5.92 Å². The second-order valence-electron chi connectivity index (χ2n) is 5.41. The van der Waals surface area contributed by atoms with Crippen LogP contribution < -0.4 is 10.6 Å². The first kappa shape index (κ1) is 13.6. The smallest absolute Gasteiger partial charge is 0.354 e. The molecule has 0 bridgehead atoms. The number of rotatable bonds is 5. The van der Waals surface area contributed by atoms with Crippen LogP contribution in [-0.2, 0) is 4.79 Å². The molecule has 0 aromatic heterocycles. The zero-order valence-corrected chi connectivity index (χ0v) is 10.3. The highest BCUT2D eigenvalue weighted by molar-refractivity contribution is 5.86. The molecule has 6 heteroatoms. The normalized spacial score (nSPS) is 23.1. The van der Waals surface area contributed by atoms with Gasteiger partial charge in [0.1, 0.15) is 0 Å². The van der Waals surface area contributed by atoms with Crippen molar-refractivity contribution in [3.8, 4) is 0 Å². The van der Waals surface area contributed by atoms with Gasteiger partial charge in [0.25, 0.3) is 0 Å². The van der Waals surface area contributed by atoms with E-state index in [1.165, 1.54) is 0 Å². The largest absolute Gasteiger partial charge is 0.401 e. The molecule has 2 saturated carbocycles. The molecular weight excluding hydrogens is 245 g/mol. The number of alkyl halides is 3. The van der Waals surface area contributed by atoms with E-state index < -0.39 is 18.3 Å². The highest BCUT2D eigenvalue weighted by atomic mass is 19.4. The summed E-state index contributed by atoms with van der Waals surface area (Å²) in [6.45, 7) is -0.488. The van der Waals surface area contributed by atoms with E-state index >= 15 is 0 Å². The molecular formula is C12H19F3N2O. The Kier molecular flexibility index (Phi) is 3.84. The average molecular weight is 264 g/mol. The molecule has 18 heavy (non-hydrogen) atoms. The van der Waals surface area contributed by atoms with Crippen LogP contribution in [0.2, 0.25) is 0 Å². The molecule has 0 aliphatic heterocycles. The van der Waals surface area contributed by atoms with Gasteiger partial charge in [-0.25, -0.2) is 0 Å². The predicted molar refractivity (Wildman–Crippen MR) is 61.0 cm³/mol. The Morgan fingerprint density at radius 1 is 1.22 bits per heavy atom. The summed E-state index contributed by atoms with van der Waals surface area (Å²) in [7, 11) is 0. The first-order chi connectivity index (χ1) is 8.41. The molecule has 2 rings (SSSR count). The fourth-order valence-corrected chi connectivity index (χ4v) is 2.46. The van der Waals surface area contributed by atoms with E-state index in [9.17, 15) is 18.0 Å². The zero-order valence-electron chi connectivity index (χ0n) is 10.3. The lowest BCUT2D eigenvalue weighted by Gasteiger charge is -2.29. The summed E-state index contributed by atoms with van der Waals surface area (Å²) in [5.41, 5.74) is -0.996. The van der Waals surface area contributed by atoms with E-state index in [1.807, 2.05) is 0 Å². The lowest BCUT2D eigenvalue weighted by Crippen LogP contribution is -2.57. The predicted octanol–water partition coefficient (Wildman–Crippen LogP) is 1.98.